The first-order chi connectivity index (χ1) is 9.13. The molecule has 1 aromatic carbocycles. The molecule has 0 aliphatic heterocycles. The number of aromatic nitrogens is 2. The summed E-state index contributed by atoms with van der Waals surface area (Å²) in [7, 11) is 1.93. The third-order valence-corrected chi connectivity index (χ3v) is 4.59. The van der Waals surface area contributed by atoms with Crippen LogP contribution in [0.2, 0.25) is 5.02 Å². The van der Waals surface area contributed by atoms with Gasteiger partial charge in [0.1, 0.15) is 10.8 Å². The fourth-order valence-corrected chi connectivity index (χ4v) is 2.95. The Labute approximate surface area is 120 Å². The molecule has 2 aromatic rings. The predicted molar refractivity (Wildman–Crippen MR) is 75.4 cm³/mol. The van der Waals surface area contributed by atoms with Crippen LogP contribution in [0.1, 0.15) is 29.3 Å². The molecule has 0 N–H and O–H groups in total. The number of anilines is 1. The lowest BCUT2D eigenvalue weighted by Crippen LogP contribution is -2.16. The minimum atomic E-state index is -0.386. The Morgan fingerprint density at radius 2 is 2.21 bits per heavy atom. The van der Waals surface area contributed by atoms with Gasteiger partial charge in [-0.05, 0) is 30.5 Å². The smallest absolute Gasteiger partial charge is 0.208 e. The lowest BCUT2D eigenvalue weighted by Gasteiger charge is -2.15. The van der Waals surface area contributed by atoms with E-state index in [1.807, 2.05) is 18.0 Å². The molecular formula is C13H13ClFN3S. The molecule has 100 valence electrons. The van der Waals surface area contributed by atoms with Gasteiger partial charge in [-0.3, -0.25) is 0 Å². The molecule has 0 saturated heterocycles. The second kappa shape index (κ2) is 5.06. The molecule has 1 fully saturated rings. The van der Waals surface area contributed by atoms with Crippen LogP contribution < -0.4 is 4.90 Å². The zero-order valence-electron chi connectivity index (χ0n) is 10.4. The van der Waals surface area contributed by atoms with Crippen molar-refractivity contribution < 1.29 is 4.39 Å². The third-order valence-electron chi connectivity index (χ3n) is 3.09. The van der Waals surface area contributed by atoms with Crippen molar-refractivity contribution in [3.05, 3.63) is 39.6 Å². The topological polar surface area (TPSA) is 29.0 Å². The number of benzene rings is 1. The van der Waals surface area contributed by atoms with Crippen molar-refractivity contribution in [3.63, 3.8) is 0 Å². The van der Waals surface area contributed by atoms with Gasteiger partial charge in [-0.2, -0.15) is 0 Å². The predicted octanol–water partition coefficient (Wildman–Crippen LogP) is 3.84. The van der Waals surface area contributed by atoms with E-state index in [9.17, 15) is 4.39 Å². The van der Waals surface area contributed by atoms with Crippen molar-refractivity contribution in [2.75, 3.05) is 11.9 Å². The molecule has 6 heteroatoms. The largest absolute Gasteiger partial charge is 0.345 e. The molecule has 3 rings (SSSR count). The molecule has 1 heterocycles. The SMILES string of the molecule is CN(Cc1ccc(Cl)c(F)c1)c1nnc(C2CC2)s1. The maximum absolute atomic E-state index is 13.4. The van der Waals surface area contributed by atoms with E-state index >= 15 is 0 Å². The van der Waals surface area contributed by atoms with E-state index in [4.69, 9.17) is 11.6 Å². The van der Waals surface area contributed by atoms with Crippen LogP contribution in [0.3, 0.4) is 0 Å². The van der Waals surface area contributed by atoms with E-state index in [0.717, 1.165) is 15.7 Å². The number of rotatable bonds is 4. The molecule has 0 amide bonds. The van der Waals surface area contributed by atoms with Crippen molar-refractivity contribution in [2.45, 2.75) is 25.3 Å². The fraction of sp³-hybridized carbons (Fsp3) is 0.385. The average molecular weight is 298 g/mol. The van der Waals surface area contributed by atoms with E-state index in [1.165, 1.54) is 18.9 Å². The zero-order chi connectivity index (χ0) is 13.4. The third kappa shape index (κ3) is 2.87. The van der Waals surface area contributed by atoms with Crippen LogP contribution in [0.4, 0.5) is 9.52 Å². The van der Waals surface area contributed by atoms with Crippen LogP contribution in [0.25, 0.3) is 0 Å². The molecular weight excluding hydrogens is 285 g/mol. The summed E-state index contributed by atoms with van der Waals surface area (Å²) in [5.74, 6) is 0.233. The van der Waals surface area contributed by atoms with Gasteiger partial charge in [0.15, 0.2) is 0 Å². The Morgan fingerprint density at radius 1 is 1.42 bits per heavy atom. The van der Waals surface area contributed by atoms with Crippen LogP contribution in [-0.2, 0) is 6.54 Å². The number of hydrogen-bond acceptors (Lipinski definition) is 4. The van der Waals surface area contributed by atoms with Crippen molar-refractivity contribution in [1.29, 1.82) is 0 Å². The fourth-order valence-electron chi connectivity index (χ4n) is 1.86. The lowest BCUT2D eigenvalue weighted by atomic mass is 10.2. The standard InChI is InChI=1S/C13H13ClFN3S/c1-18(7-8-2-5-10(14)11(15)6-8)13-17-16-12(19-13)9-3-4-9/h2,5-6,9H,3-4,7H2,1H3. The van der Waals surface area contributed by atoms with Gasteiger partial charge in [0.05, 0.1) is 5.02 Å². The van der Waals surface area contributed by atoms with Gasteiger partial charge < -0.3 is 4.90 Å². The van der Waals surface area contributed by atoms with Crippen molar-refractivity contribution in [1.82, 2.24) is 10.2 Å². The van der Waals surface area contributed by atoms with Gasteiger partial charge in [0.2, 0.25) is 5.13 Å². The summed E-state index contributed by atoms with van der Waals surface area (Å²) in [5.41, 5.74) is 0.868. The normalized spacial score (nSPS) is 14.7. The number of hydrogen-bond donors (Lipinski definition) is 0. The molecule has 1 aliphatic carbocycles. The maximum atomic E-state index is 13.4. The van der Waals surface area contributed by atoms with E-state index in [0.29, 0.717) is 12.5 Å². The van der Waals surface area contributed by atoms with Crippen LogP contribution in [-0.4, -0.2) is 17.2 Å². The quantitative estimate of drug-likeness (QED) is 0.858. The summed E-state index contributed by atoms with van der Waals surface area (Å²) in [6.07, 6.45) is 2.45. The minimum absolute atomic E-state index is 0.151. The van der Waals surface area contributed by atoms with Gasteiger partial charge in [-0.25, -0.2) is 4.39 Å². The van der Waals surface area contributed by atoms with Crippen LogP contribution in [0.5, 0.6) is 0 Å². The zero-order valence-corrected chi connectivity index (χ0v) is 12.0. The molecule has 1 aliphatic rings. The van der Waals surface area contributed by atoms with E-state index < -0.39 is 0 Å². The van der Waals surface area contributed by atoms with Crippen molar-refractivity contribution in [3.8, 4) is 0 Å². The Hall–Kier alpha value is -1.20. The van der Waals surface area contributed by atoms with Crippen molar-refractivity contribution in [2.24, 2.45) is 0 Å². The summed E-state index contributed by atoms with van der Waals surface area (Å²) in [5, 5.41) is 10.5. The molecule has 0 bridgehead atoms. The first-order valence-electron chi connectivity index (χ1n) is 6.12. The summed E-state index contributed by atoms with van der Waals surface area (Å²) in [6.45, 7) is 0.591. The summed E-state index contributed by atoms with van der Waals surface area (Å²) >= 11 is 7.29. The van der Waals surface area contributed by atoms with Crippen molar-refractivity contribution >= 4 is 28.1 Å². The van der Waals surface area contributed by atoms with E-state index in [1.54, 1.807) is 17.4 Å². The Morgan fingerprint density at radius 3 is 2.89 bits per heavy atom. The minimum Gasteiger partial charge on any atom is -0.345 e. The first kappa shape index (κ1) is 12.8. The Kier molecular flexibility index (Phi) is 3.41. The van der Waals surface area contributed by atoms with Crippen LogP contribution >= 0.6 is 22.9 Å². The second-order valence-corrected chi connectivity index (χ2v) is 6.20. The molecule has 0 atom stereocenters. The molecule has 1 aromatic heterocycles. The number of nitrogens with zero attached hydrogens (tertiary/aromatic N) is 3. The summed E-state index contributed by atoms with van der Waals surface area (Å²) in [6, 6.07) is 4.86. The highest BCUT2D eigenvalue weighted by Gasteiger charge is 2.28. The highest BCUT2D eigenvalue weighted by molar-refractivity contribution is 7.15. The van der Waals surface area contributed by atoms with Gasteiger partial charge >= 0.3 is 0 Å². The molecule has 0 radical (unpaired) electrons. The van der Waals surface area contributed by atoms with Crippen LogP contribution in [0, 0.1) is 5.82 Å². The molecule has 19 heavy (non-hydrogen) atoms. The van der Waals surface area contributed by atoms with E-state index in [-0.39, 0.29) is 10.8 Å². The highest BCUT2D eigenvalue weighted by atomic mass is 35.5. The summed E-state index contributed by atoms with van der Waals surface area (Å²) in [4.78, 5) is 1.98. The maximum Gasteiger partial charge on any atom is 0.208 e. The van der Waals surface area contributed by atoms with Gasteiger partial charge in [-0.1, -0.05) is 29.0 Å². The van der Waals surface area contributed by atoms with Gasteiger partial charge in [-0.15, -0.1) is 10.2 Å². The summed E-state index contributed by atoms with van der Waals surface area (Å²) < 4.78 is 13.4. The molecule has 1 saturated carbocycles. The molecule has 0 unspecified atom stereocenters. The highest BCUT2D eigenvalue weighted by Crippen LogP contribution is 2.42. The average Bonchev–Trinajstić information content (AvgIpc) is 3.11. The number of halogens is 2. The lowest BCUT2D eigenvalue weighted by molar-refractivity contribution is 0.625. The monoisotopic (exact) mass is 297 g/mol. The van der Waals surface area contributed by atoms with E-state index in [2.05, 4.69) is 10.2 Å². The molecule has 3 nitrogen and oxygen atoms in total. The van der Waals surface area contributed by atoms with Crippen LogP contribution in [0.15, 0.2) is 18.2 Å². The molecule has 0 spiro atoms. The van der Waals surface area contributed by atoms with Gasteiger partial charge in [0, 0.05) is 19.5 Å². The Balaban J connectivity index is 1.72. The first-order valence-corrected chi connectivity index (χ1v) is 7.31. The second-order valence-electron chi connectivity index (χ2n) is 4.80. The van der Waals surface area contributed by atoms with Gasteiger partial charge in [0.25, 0.3) is 0 Å². The Bertz CT molecular complexity index is 597.